The maximum atomic E-state index is 12.9. The van der Waals surface area contributed by atoms with E-state index >= 15 is 0 Å². The lowest BCUT2D eigenvalue weighted by molar-refractivity contribution is -0.129. The molecule has 4 rings (SSSR count). The number of ether oxygens (including phenoxy) is 1. The molecule has 1 amide bonds. The van der Waals surface area contributed by atoms with Gasteiger partial charge in [0.05, 0.1) is 0 Å². The second kappa shape index (κ2) is 7.53. The maximum absolute atomic E-state index is 12.9. The Kier molecular flexibility index (Phi) is 5.35. The first kappa shape index (κ1) is 17.7. The molecule has 2 atom stereocenters. The Balaban J connectivity index is 1.36. The van der Waals surface area contributed by atoms with Crippen LogP contribution < -0.4 is 11.1 Å². The second-order valence-electron chi connectivity index (χ2n) is 8.95. The van der Waals surface area contributed by atoms with Crippen LogP contribution in [-0.2, 0) is 9.53 Å². The number of nitrogens with one attached hydrogen (secondary N) is 1. The molecule has 2 saturated carbocycles. The van der Waals surface area contributed by atoms with E-state index in [0.717, 1.165) is 45.4 Å². The average Bonchev–Trinajstić information content (AvgIpc) is 3.16. The molecule has 0 aromatic heterocycles. The first-order valence-electron chi connectivity index (χ1n) is 10.5. The normalized spacial score (nSPS) is 38.4. The average molecular weight is 350 g/mol. The van der Waals surface area contributed by atoms with E-state index in [-0.39, 0.29) is 17.4 Å². The van der Waals surface area contributed by atoms with Gasteiger partial charge in [-0.05, 0) is 76.3 Å². The van der Waals surface area contributed by atoms with E-state index in [1.807, 2.05) is 0 Å². The minimum absolute atomic E-state index is 0.130. The molecule has 2 bridgehead atoms. The van der Waals surface area contributed by atoms with Crippen LogP contribution in [0.25, 0.3) is 0 Å². The lowest BCUT2D eigenvalue weighted by atomic mass is 9.65. The van der Waals surface area contributed by atoms with Gasteiger partial charge in [-0.15, -0.1) is 0 Å². The van der Waals surface area contributed by atoms with Crippen LogP contribution in [0, 0.1) is 17.8 Å². The number of fused-ring (bicyclic) bond motifs is 2. The Morgan fingerprint density at radius 3 is 2.36 bits per heavy atom. The summed E-state index contributed by atoms with van der Waals surface area (Å²) >= 11 is 0. The third-order valence-electron chi connectivity index (χ3n) is 7.58. The van der Waals surface area contributed by atoms with Crippen molar-refractivity contribution in [1.82, 2.24) is 10.2 Å². The number of likely N-dealkylation sites (tertiary alicyclic amines) is 1. The molecule has 5 heteroatoms. The Morgan fingerprint density at radius 2 is 1.72 bits per heavy atom. The number of nitrogens with zero attached hydrogens (tertiary/aromatic N) is 1. The predicted molar refractivity (Wildman–Crippen MR) is 98.1 cm³/mol. The van der Waals surface area contributed by atoms with Crippen LogP contribution in [0.3, 0.4) is 0 Å². The summed E-state index contributed by atoms with van der Waals surface area (Å²) in [5.74, 6) is 1.61. The van der Waals surface area contributed by atoms with Gasteiger partial charge in [0, 0.05) is 37.3 Å². The monoisotopic (exact) mass is 349 g/mol. The highest BCUT2D eigenvalue weighted by atomic mass is 16.5. The van der Waals surface area contributed by atoms with Crippen molar-refractivity contribution in [2.45, 2.75) is 69.4 Å². The summed E-state index contributed by atoms with van der Waals surface area (Å²) in [6.07, 6.45) is 10.4. The van der Waals surface area contributed by atoms with Crippen molar-refractivity contribution in [3.05, 3.63) is 0 Å². The topological polar surface area (TPSA) is 67.6 Å². The van der Waals surface area contributed by atoms with E-state index in [0.29, 0.717) is 17.9 Å². The number of amides is 1. The van der Waals surface area contributed by atoms with E-state index in [2.05, 4.69) is 10.2 Å². The highest BCUT2D eigenvalue weighted by molar-refractivity contribution is 5.79. The summed E-state index contributed by atoms with van der Waals surface area (Å²) < 4.78 is 5.62. The number of nitrogens with two attached hydrogens (primary N) is 1. The van der Waals surface area contributed by atoms with E-state index in [1.54, 1.807) is 0 Å². The van der Waals surface area contributed by atoms with Crippen molar-refractivity contribution in [2.75, 3.05) is 32.8 Å². The molecule has 2 unspecified atom stereocenters. The standard InChI is InChI=1S/C20H35N3O2/c21-18-15-4-3-5-16(18)13-17(12-15)19(24)22-14-20(6-10-25-11-7-20)23-8-1-2-9-23/h15-18H,1-14,21H2,(H,22,24). The molecule has 0 spiro atoms. The van der Waals surface area contributed by atoms with Crippen LogP contribution in [0.5, 0.6) is 0 Å². The molecule has 0 aromatic rings. The van der Waals surface area contributed by atoms with Crippen molar-refractivity contribution < 1.29 is 9.53 Å². The van der Waals surface area contributed by atoms with Crippen molar-refractivity contribution in [3.8, 4) is 0 Å². The Hall–Kier alpha value is -0.650. The molecule has 0 radical (unpaired) electrons. The summed E-state index contributed by atoms with van der Waals surface area (Å²) in [5.41, 5.74) is 6.52. The number of carbonyl (C=O) groups is 1. The summed E-state index contributed by atoms with van der Waals surface area (Å²) in [4.78, 5) is 15.6. The fraction of sp³-hybridized carbons (Fsp3) is 0.950. The van der Waals surface area contributed by atoms with Gasteiger partial charge >= 0.3 is 0 Å². The van der Waals surface area contributed by atoms with E-state index in [9.17, 15) is 4.79 Å². The molecule has 25 heavy (non-hydrogen) atoms. The molecule has 4 aliphatic rings. The van der Waals surface area contributed by atoms with Gasteiger partial charge in [0.1, 0.15) is 0 Å². The van der Waals surface area contributed by atoms with Crippen LogP contribution in [-0.4, -0.2) is 55.2 Å². The molecule has 2 aliphatic heterocycles. The first-order valence-corrected chi connectivity index (χ1v) is 10.5. The number of rotatable bonds is 4. The highest BCUT2D eigenvalue weighted by Gasteiger charge is 2.43. The highest BCUT2D eigenvalue weighted by Crippen LogP contribution is 2.42. The zero-order chi connectivity index (χ0) is 17.3. The predicted octanol–water partition coefficient (Wildman–Crippen LogP) is 1.90. The first-order chi connectivity index (χ1) is 12.2. The number of hydrogen-bond acceptors (Lipinski definition) is 4. The van der Waals surface area contributed by atoms with Gasteiger partial charge in [-0.1, -0.05) is 6.42 Å². The molecule has 4 fully saturated rings. The molecule has 142 valence electrons. The zero-order valence-corrected chi connectivity index (χ0v) is 15.5. The van der Waals surface area contributed by atoms with E-state index < -0.39 is 0 Å². The third-order valence-corrected chi connectivity index (χ3v) is 7.58. The molecule has 0 aromatic carbocycles. The van der Waals surface area contributed by atoms with Crippen molar-refractivity contribution in [3.63, 3.8) is 0 Å². The van der Waals surface area contributed by atoms with Gasteiger partial charge in [-0.2, -0.15) is 0 Å². The van der Waals surface area contributed by atoms with Gasteiger partial charge < -0.3 is 15.8 Å². The molecule has 2 aliphatic carbocycles. The zero-order valence-electron chi connectivity index (χ0n) is 15.5. The third kappa shape index (κ3) is 3.60. The minimum atomic E-state index is 0.130. The van der Waals surface area contributed by atoms with Gasteiger partial charge in [0.2, 0.25) is 5.91 Å². The smallest absolute Gasteiger partial charge is 0.223 e. The molecule has 3 N–H and O–H groups in total. The fourth-order valence-corrected chi connectivity index (χ4v) is 5.95. The SMILES string of the molecule is NC1C2CCCC1CC(C(=O)NCC1(N3CCCC3)CCOCC1)C2. The molecular formula is C20H35N3O2. The van der Waals surface area contributed by atoms with Crippen LogP contribution in [0.15, 0.2) is 0 Å². The molecule has 2 saturated heterocycles. The summed E-state index contributed by atoms with van der Waals surface area (Å²) in [5, 5.41) is 3.37. The fourth-order valence-electron chi connectivity index (χ4n) is 5.95. The maximum Gasteiger partial charge on any atom is 0.223 e. The summed E-state index contributed by atoms with van der Waals surface area (Å²) in [7, 11) is 0. The van der Waals surface area contributed by atoms with Gasteiger partial charge in [0.15, 0.2) is 0 Å². The molecule has 2 heterocycles. The lowest BCUT2D eigenvalue weighted by Crippen LogP contribution is -2.58. The van der Waals surface area contributed by atoms with Gasteiger partial charge in [-0.25, -0.2) is 0 Å². The lowest BCUT2D eigenvalue weighted by Gasteiger charge is -2.46. The Morgan fingerprint density at radius 1 is 1.08 bits per heavy atom. The van der Waals surface area contributed by atoms with Gasteiger partial charge in [0.25, 0.3) is 0 Å². The minimum Gasteiger partial charge on any atom is -0.381 e. The quantitative estimate of drug-likeness (QED) is 0.813. The Labute approximate surface area is 152 Å². The van der Waals surface area contributed by atoms with Crippen molar-refractivity contribution in [1.29, 1.82) is 0 Å². The Bertz CT molecular complexity index is 458. The van der Waals surface area contributed by atoms with E-state index in [4.69, 9.17) is 10.5 Å². The number of carbonyl (C=O) groups excluding carboxylic acids is 1. The van der Waals surface area contributed by atoms with Crippen LogP contribution in [0.4, 0.5) is 0 Å². The summed E-state index contributed by atoms with van der Waals surface area (Å²) in [6.45, 7) is 4.81. The number of hydrogen-bond donors (Lipinski definition) is 2. The van der Waals surface area contributed by atoms with Crippen LogP contribution in [0.2, 0.25) is 0 Å². The van der Waals surface area contributed by atoms with Gasteiger partial charge in [-0.3, -0.25) is 9.69 Å². The van der Waals surface area contributed by atoms with E-state index in [1.165, 1.54) is 45.2 Å². The van der Waals surface area contributed by atoms with Crippen LogP contribution >= 0.6 is 0 Å². The van der Waals surface area contributed by atoms with Crippen molar-refractivity contribution >= 4 is 5.91 Å². The second-order valence-corrected chi connectivity index (χ2v) is 8.95. The van der Waals surface area contributed by atoms with Crippen LogP contribution in [0.1, 0.15) is 57.8 Å². The molecular weight excluding hydrogens is 314 g/mol. The summed E-state index contributed by atoms with van der Waals surface area (Å²) in [6, 6.07) is 0.337. The van der Waals surface area contributed by atoms with Crippen molar-refractivity contribution in [2.24, 2.45) is 23.5 Å². The largest absolute Gasteiger partial charge is 0.381 e. The molecule has 5 nitrogen and oxygen atoms in total.